The monoisotopic (exact) mass is 354 g/mol. The van der Waals surface area contributed by atoms with E-state index in [1.165, 1.54) is 12.8 Å². The number of carbonyl (C=O) groups excluding carboxylic acids is 2. The quantitative estimate of drug-likeness (QED) is 0.810. The number of hydrogen-bond acceptors (Lipinski definition) is 3. The molecule has 1 N–H and O–H groups in total. The second-order valence-electron chi connectivity index (χ2n) is 7.46. The fourth-order valence-corrected chi connectivity index (χ4v) is 4.26. The van der Waals surface area contributed by atoms with E-state index in [-0.39, 0.29) is 17.7 Å². The van der Waals surface area contributed by atoms with E-state index in [0.29, 0.717) is 25.6 Å². The summed E-state index contributed by atoms with van der Waals surface area (Å²) in [5, 5.41) is 8.55. The molecule has 2 heterocycles. The third kappa shape index (κ3) is 3.45. The minimum Gasteiger partial charge on any atom is -0.356 e. The topological polar surface area (TPSA) is 67.2 Å². The van der Waals surface area contributed by atoms with Gasteiger partial charge in [0.25, 0.3) is 0 Å². The number of rotatable bonds is 6. The maximum atomic E-state index is 12.4. The molecule has 1 aromatic heterocycles. The lowest BCUT2D eigenvalue weighted by Gasteiger charge is -2.23. The highest BCUT2D eigenvalue weighted by molar-refractivity contribution is 5.89. The third-order valence-corrected chi connectivity index (χ3v) is 5.69. The van der Waals surface area contributed by atoms with E-state index < -0.39 is 0 Å². The smallest absolute Gasteiger partial charge is 0.225 e. The fraction of sp³-hybridized carbons (Fsp3) is 0.550. The SMILES string of the molecule is O=C(NCCCn1ncc2ccccc21)[C@@H]1CC(=O)N(C2CCCC2)C1. The van der Waals surface area contributed by atoms with Gasteiger partial charge in [-0.25, -0.2) is 0 Å². The number of amides is 2. The first-order valence-electron chi connectivity index (χ1n) is 9.70. The molecule has 1 saturated carbocycles. The van der Waals surface area contributed by atoms with Gasteiger partial charge >= 0.3 is 0 Å². The molecule has 1 aromatic carbocycles. The number of carbonyl (C=O) groups is 2. The molecule has 2 aliphatic rings. The van der Waals surface area contributed by atoms with Crippen molar-refractivity contribution in [3.63, 3.8) is 0 Å². The number of likely N-dealkylation sites (tertiary alicyclic amines) is 1. The molecule has 0 unspecified atom stereocenters. The molecule has 138 valence electrons. The molecule has 6 nitrogen and oxygen atoms in total. The van der Waals surface area contributed by atoms with E-state index in [9.17, 15) is 9.59 Å². The number of fused-ring (bicyclic) bond motifs is 1. The van der Waals surface area contributed by atoms with E-state index in [2.05, 4.69) is 16.5 Å². The van der Waals surface area contributed by atoms with Gasteiger partial charge in [-0.3, -0.25) is 14.3 Å². The molecule has 26 heavy (non-hydrogen) atoms. The van der Waals surface area contributed by atoms with Crippen LogP contribution in [0, 0.1) is 5.92 Å². The van der Waals surface area contributed by atoms with Crippen LogP contribution in [0.3, 0.4) is 0 Å². The van der Waals surface area contributed by atoms with Gasteiger partial charge in [0, 0.05) is 37.5 Å². The highest BCUT2D eigenvalue weighted by Crippen LogP contribution is 2.29. The number of aromatic nitrogens is 2. The van der Waals surface area contributed by atoms with E-state index in [4.69, 9.17) is 0 Å². The largest absolute Gasteiger partial charge is 0.356 e. The third-order valence-electron chi connectivity index (χ3n) is 5.69. The van der Waals surface area contributed by atoms with Gasteiger partial charge in [0.1, 0.15) is 0 Å². The van der Waals surface area contributed by atoms with Crippen LogP contribution in [0.25, 0.3) is 10.9 Å². The molecule has 1 saturated heterocycles. The van der Waals surface area contributed by atoms with Crippen LogP contribution in [0.5, 0.6) is 0 Å². The average molecular weight is 354 g/mol. The van der Waals surface area contributed by atoms with Gasteiger partial charge in [-0.05, 0) is 25.3 Å². The lowest BCUT2D eigenvalue weighted by molar-refractivity contribution is -0.130. The summed E-state index contributed by atoms with van der Waals surface area (Å²) >= 11 is 0. The second kappa shape index (κ2) is 7.48. The van der Waals surface area contributed by atoms with Crippen LogP contribution in [0.4, 0.5) is 0 Å². The van der Waals surface area contributed by atoms with Crippen LogP contribution >= 0.6 is 0 Å². The lowest BCUT2D eigenvalue weighted by Crippen LogP contribution is -2.37. The predicted molar refractivity (Wildman–Crippen MR) is 99.4 cm³/mol. The molecule has 0 radical (unpaired) electrons. The molecule has 2 aromatic rings. The Morgan fingerprint density at radius 3 is 2.88 bits per heavy atom. The Morgan fingerprint density at radius 2 is 2.04 bits per heavy atom. The molecular weight excluding hydrogens is 328 g/mol. The normalized spacial score (nSPS) is 21.0. The zero-order valence-corrected chi connectivity index (χ0v) is 15.1. The molecule has 0 spiro atoms. The van der Waals surface area contributed by atoms with Gasteiger partial charge in [0.15, 0.2) is 0 Å². The van der Waals surface area contributed by atoms with E-state index in [1.54, 1.807) is 0 Å². The van der Waals surface area contributed by atoms with Crippen LogP contribution in [-0.2, 0) is 16.1 Å². The molecule has 2 amide bonds. The van der Waals surface area contributed by atoms with Crippen molar-refractivity contribution in [3.8, 4) is 0 Å². The van der Waals surface area contributed by atoms with Gasteiger partial charge in [0.05, 0.1) is 17.6 Å². The van der Waals surface area contributed by atoms with Gasteiger partial charge < -0.3 is 10.2 Å². The number of hydrogen-bond donors (Lipinski definition) is 1. The van der Waals surface area contributed by atoms with Crippen molar-refractivity contribution in [2.45, 2.75) is 51.1 Å². The Morgan fingerprint density at radius 1 is 1.23 bits per heavy atom. The molecule has 6 heteroatoms. The van der Waals surface area contributed by atoms with Gasteiger partial charge in [-0.15, -0.1) is 0 Å². The van der Waals surface area contributed by atoms with Crippen molar-refractivity contribution < 1.29 is 9.59 Å². The van der Waals surface area contributed by atoms with Gasteiger partial charge in [-0.2, -0.15) is 5.10 Å². The van der Waals surface area contributed by atoms with Crippen LogP contribution in [0.2, 0.25) is 0 Å². The molecule has 1 aliphatic heterocycles. The van der Waals surface area contributed by atoms with Crippen LogP contribution in [-0.4, -0.2) is 45.6 Å². The first-order chi connectivity index (χ1) is 12.7. The minimum absolute atomic E-state index is 0.0178. The highest BCUT2D eigenvalue weighted by atomic mass is 16.2. The Hall–Kier alpha value is -2.37. The Kier molecular flexibility index (Phi) is 4.91. The van der Waals surface area contributed by atoms with Crippen molar-refractivity contribution in [1.82, 2.24) is 20.0 Å². The summed E-state index contributed by atoms with van der Waals surface area (Å²) in [4.78, 5) is 26.6. The number of para-hydroxylation sites is 1. The zero-order valence-electron chi connectivity index (χ0n) is 15.1. The van der Waals surface area contributed by atoms with E-state index in [1.807, 2.05) is 34.0 Å². The maximum Gasteiger partial charge on any atom is 0.225 e. The number of benzene rings is 1. The lowest BCUT2D eigenvalue weighted by atomic mass is 10.1. The molecule has 4 rings (SSSR count). The summed E-state index contributed by atoms with van der Waals surface area (Å²) in [6.45, 7) is 1.98. The average Bonchev–Trinajstić information content (AvgIpc) is 3.38. The van der Waals surface area contributed by atoms with E-state index in [0.717, 1.165) is 36.7 Å². The van der Waals surface area contributed by atoms with Crippen LogP contribution in [0.15, 0.2) is 30.5 Å². The highest BCUT2D eigenvalue weighted by Gasteiger charge is 2.38. The zero-order chi connectivity index (χ0) is 17.9. The minimum atomic E-state index is -0.186. The maximum absolute atomic E-state index is 12.4. The van der Waals surface area contributed by atoms with Crippen molar-refractivity contribution >= 4 is 22.7 Å². The Balaban J connectivity index is 1.23. The summed E-state index contributed by atoms with van der Waals surface area (Å²) in [5.41, 5.74) is 1.12. The number of aryl methyl sites for hydroxylation is 1. The van der Waals surface area contributed by atoms with Crippen LogP contribution in [0.1, 0.15) is 38.5 Å². The summed E-state index contributed by atoms with van der Waals surface area (Å²) in [7, 11) is 0. The molecule has 1 atom stereocenters. The molecular formula is C20H26N4O2. The van der Waals surface area contributed by atoms with Crippen LogP contribution < -0.4 is 5.32 Å². The summed E-state index contributed by atoms with van der Waals surface area (Å²) < 4.78 is 1.97. The van der Waals surface area contributed by atoms with Gasteiger partial charge in [0.2, 0.25) is 11.8 Å². The Bertz CT molecular complexity index is 794. The standard InChI is InChI=1S/C20H26N4O2/c25-19-12-16(14-23(19)17-7-2-3-8-17)20(26)21-10-5-11-24-18-9-4-1-6-15(18)13-22-24/h1,4,6,9,13,16-17H,2-3,5,7-8,10-12,14H2,(H,21,26)/t16-/m1/s1. The van der Waals surface area contributed by atoms with Crippen molar-refractivity contribution in [1.29, 1.82) is 0 Å². The van der Waals surface area contributed by atoms with E-state index >= 15 is 0 Å². The van der Waals surface area contributed by atoms with Crippen molar-refractivity contribution in [3.05, 3.63) is 30.5 Å². The molecule has 2 fully saturated rings. The predicted octanol–water partition coefficient (Wildman–Crippen LogP) is 2.33. The fourth-order valence-electron chi connectivity index (χ4n) is 4.26. The second-order valence-corrected chi connectivity index (χ2v) is 7.46. The number of nitrogens with one attached hydrogen (secondary N) is 1. The summed E-state index contributed by atoms with van der Waals surface area (Å²) in [5.74, 6) is -0.0159. The molecule has 0 bridgehead atoms. The first-order valence-corrected chi connectivity index (χ1v) is 9.70. The first kappa shape index (κ1) is 17.1. The van der Waals surface area contributed by atoms with Gasteiger partial charge in [-0.1, -0.05) is 31.0 Å². The van der Waals surface area contributed by atoms with Crippen molar-refractivity contribution in [2.24, 2.45) is 5.92 Å². The van der Waals surface area contributed by atoms with Crippen molar-refractivity contribution in [2.75, 3.05) is 13.1 Å². The Labute approximate surface area is 153 Å². The summed E-state index contributed by atoms with van der Waals surface area (Å²) in [6, 6.07) is 8.49. The summed E-state index contributed by atoms with van der Waals surface area (Å²) in [6.07, 6.45) is 7.66. The number of nitrogens with zero attached hydrogens (tertiary/aromatic N) is 3. The molecule has 1 aliphatic carbocycles.